The maximum atomic E-state index is 12.4. The number of benzene rings is 1. The van der Waals surface area contributed by atoms with Crippen LogP contribution in [0.25, 0.3) is 0 Å². The summed E-state index contributed by atoms with van der Waals surface area (Å²) in [5.74, 6) is -0.421. The second-order valence-corrected chi connectivity index (χ2v) is 6.87. The van der Waals surface area contributed by atoms with Crippen LogP contribution in [0.2, 0.25) is 0 Å². The first-order valence-corrected chi connectivity index (χ1v) is 10.2. The fourth-order valence-electron chi connectivity index (χ4n) is 3.14. The molecule has 1 fully saturated rings. The van der Waals surface area contributed by atoms with Gasteiger partial charge in [-0.25, -0.2) is 9.59 Å². The summed E-state index contributed by atoms with van der Waals surface area (Å²) in [6, 6.07) is 4.18. The molecule has 0 heterocycles. The van der Waals surface area contributed by atoms with E-state index in [-0.39, 0.29) is 11.6 Å². The van der Waals surface area contributed by atoms with E-state index in [9.17, 15) is 14.4 Å². The van der Waals surface area contributed by atoms with E-state index >= 15 is 0 Å². The standard InChI is InChI=1S/C21H30N2O6/c1-4-27-17-12-11-15(13-18(17)28-5-2)20(25)29-14(3)19(24)23-21(26)22-16-9-7-6-8-10-16/h11-14,16H,4-10H2,1-3H3,(H2,22,23,24,26)/t14-/m1/s1. The van der Waals surface area contributed by atoms with Crippen LogP contribution in [-0.4, -0.2) is 43.3 Å². The van der Waals surface area contributed by atoms with Crippen LogP contribution in [0.4, 0.5) is 4.79 Å². The molecule has 0 bridgehead atoms. The first kappa shape index (κ1) is 22.5. The molecule has 1 aliphatic carbocycles. The summed E-state index contributed by atoms with van der Waals surface area (Å²) < 4.78 is 16.2. The van der Waals surface area contributed by atoms with Crippen LogP contribution in [0.15, 0.2) is 18.2 Å². The van der Waals surface area contributed by atoms with Crippen molar-refractivity contribution < 1.29 is 28.6 Å². The number of hydrogen-bond acceptors (Lipinski definition) is 6. The molecule has 8 nitrogen and oxygen atoms in total. The molecular formula is C21H30N2O6. The van der Waals surface area contributed by atoms with Gasteiger partial charge in [-0.05, 0) is 51.8 Å². The van der Waals surface area contributed by atoms with Gasteiger partial charge in [-0.15, -0.1) is 0 Å². The lowest BCUT2D eigenvalue weighted by molar-refractivity contribution is -0.127. The van der Waals surface area contributed by atoms with Crippen molar-refractivity contribution in [3.05, 3.63) is 23.8 Å². The van der Waals surface area contributed by atoms with Crippen molar-refractivity contribution >= 4 is 17.9 Å². The minimum atomic E-state index is -1.12. The van der Waals surface area contributed by atoms with Gasteiger partial charge < -0.3 is 19.5 Å². The van der Waals surface area contributed by atoms with Gasteiger partial charge >= 0.3 is 12.0 Å². The Morgan fingerprint density at radius 2 is 1.69 bits per heavy atom. The second kappa shape index (κ2) is 11.3. The third-order valence-corrected chi connectivity index (χ3v) is 4.61. The third kappa shape index (κ3) is 6.96. The topological polar surface area (TPSA) is 103 Å². The Balaban J connectivity index is 1.90. The SMILES string of the molecule is CCOc1ccc(C(=O)O[C@H](C)C(=O)NC(=O)NC2CCCCC2)cc1OCC. The predicted molar refractivity (Wildman–Crippen MR) is 107 cm³/mol. The van der Waals surface area contributed by atoms with Gasteiger partial charge in [-0.1, -0.05) is 19.3 Å². The van der Waals surface area contributed by atoms with Crippen LogP contribution in [0, 0.1) is 0 Å². The summed E-state index contributed by atoms with van der Waals surface area (Å²) in [7, 11) is 0. The third-order valence-electron chi connectivity index (χ3n) is 4.61. The molecule has 0 spiro atoms. The zero-order valence-electron chi connectivity index (χ0n) is 17.3. The fraction of sp³-hybridized carbons (Fsp3) is 0.571. The van der Waals surface area contributed by atoms with Gasteiger partial charge in [0.15, 0.2) is 17.6 Å². The van der Waals surface area contributed by atoms with Crippen LogP contribution in [-0.2, 0) is 9.53 Å². The molecule has 0 aliphatic heterocycles. The monoisotopic (exact) mass is 406 g/mol. The largest absolute Gasteiger partial charge is 0.490 e. The van der Waals surface area contributed by atoms with Crippen LogP contribution >= 0.6 is 0 Å². The van der Waals surface area contributed by atoms with Crippen molar-refractivity contribution in [2.24, 2.45) is 0 Å². The number of esters is 1. The van der Waals surface area contributed by atoms with Crippen molar-refractivity contribution in [2.75, 3.05) is 13.2 Å². The summed E-state index contributed by atoms with van der Waals surface area (Å²) in [4.78, 5) is 36.5. The maximum absolute atomic E-state index is 12.4. The van der Waals surface area contributed by atoms with Gasteiger partial charge in [-0.3, -0.25) is 10.1 Å². The molecule has 160 valence electrons. The molecule has 1 aromatic carbocycles. The molecule has 1 aromatic rings. The smallest absolute Gasteiger partial charge is 0.339 e. The summed E-state index contributed by atoms with van der Waals surface area (Å²) in [5, 5.41) is 5.02. The summed E-state index contributed by atoms with van der Waals surface area (Å²) in [5.41, 5.74) is 0.225. The van der Waals surface area contributed by atoms with Gasteiger partial charge in [0.05, 0.1) is 18.8 Å². The highest BCUT2D eigenvalue weighted by atomic mass is 16.5. The highest BCUT2D eigenvalue weighted by molar-refractivity contribution is 5.98. The Morgan fingerprint density at radius 3 is 2.34 bits per heavy atom. The molecule has 0 saturated heterocycles. The molecule has 29 heavy (non-hydrogen) atoms. The second-order valence-electron chi connectivity index (χ2n) is 6.87. The van der Waals surface area contributed by atoms with E-state index in [1.165, 1.54) is 25.5 Å². The average Bonchev–Trinajstić information content (AvgIpc) is 2.70. The van der Waals surface area contributed by atoms with Crippen LogP contribution in [0.5, 0.6) is 11.5 Å². The van der Waals surface area contributed by atoms with Crippen molar-refractivity contribution in [1.82, 2.24) is 10.6 Å². The minimum absolute atomic E-state index is 0.0789. The number of nitrogens with one attached hydrogen (secondary N) is 2. The first-order valence-electron chi connectivity index (χ1n) is 10.2. The number of ether oxygens (including phenoxy) is 3. The summed E-state index contributed by atoms with van der Waals surface area (Å²) in [6.07, 6.45) is 4.00. The van der Waals surface area contributed by atoms with Gasteiger partial charge in [0.1, 0.15) is 0 Å². The van der Waals surface area contributed by atoms with Gasteiger partial charge in [-0.2, -0.15) is 0 Å². The normalized spacial score (nSPS) is 15.1. The Bertz CT molecular complexity index is 715. The molecule has 2 N–H and O–H groups in total. The van der Waals surface area contributed by atoms with Gasteiger partial charge in [0.25, 0.3) is 5.91 Å². The Kier molecular flexibility index (Phi) is 8.76. The lowest BCUT2D eigenvalue weighted by atomic mass is 9.96. The fourth-order valence-corrected chi connectivity index (χ4v) is 3.14. The van der Waals surface area contributed by atoms with Crippen LogP contribution in [0.3, 0.4) is 0 Å². The Labute approximate surface area is 171 Å². The average molecular weight is 406 g/mol. The van der Waals surface area contributed by atoms with E-state index in [1.807, 2.05) is 13.8 Å². The molecule has 1 atom stereocenters. The lowest BCUT2D eigenvalue weighted by Gasteiger charge is -2.23. The summed E-state index contributed by atoms with van der Waals surface area (Å²) >= 11 is 0. The Hall–Kier alpha value is -2.77. The zero-order chi connectivity index (χ0) is 21.2. The van der Waals surface area contributed by atoms with E-state index in [2.05, 4.69) is 10.6 Å². The number of urea groups is 1. The quantitative estimate of drug-likeness (QED) is 0.643. The molecule has 1 saturated carbocycles. The number of imide groups is 1. The Morgan fingerprint density at radius 1 is 1.03 bits per heavy atom. The molecule has 8 heteroatoms. The van der Waals surface area contributed by atoms with Crippen molar-refractivity contribution in [3.63, 3.8) is 0 Å². The predicted octanol–water partition coefficient (Wildman–Crippen LogP) is 3.19. The number of rotatable bonds is 8. The van der Waals surface area contributed by atoms with E-state index in [0.717, 1.165) is 25.7 Å². The number of amides is 3. The van der Waals surface area contributed by atoms with Crippen molar-refractivity contribution in [1.29, 1.82) is 0 Å². The highest BCUT2D eigenvalue weighted by Gasteiger charge is 2.23. The lowest BCUT2D eigenvalue weighted by Crippen LogP contribution is -2.48. The molecule has 0 aromatic heterocycles. The first-order chi connectivity index (χ1) is 13.9. The van der Waals surface area contributed by atoms with Crippen molar-refractivity contribution in [2.45, 2.75) is 65.0 Å². The van der Waals surface area contributed by atoms with E-state index < -0.39 is 24.0 Å². The van der Waals surface area contributed by atoms with Gasteiger partial charge in [0, 0.05) is 6.04 Å². The molecular weight excluding hydrogens is 376 g/mol. The number of carbonyl (C=O) groups excluding carboxylic acids is 3. The number of carbonyl (C=O) groups is 3. The van der Waals surface area contributed by atoms with Crippen LogP contribution in [0.1, 0.15) is 63.2 Å². The van der Waals surface area contributed by atoms with Crippen LogP contribution < -0.4 is 20.1 Å². The highest BCUT2D eigenvalue weighted by Crippen LogP contribution is 2.29. The molecule has 2 rings (SSSR count). The molecule has 0 radical (unpaired) electrons. The zero-order valence-corrected chi connectivity index (χ0v) is 17.3. The molecule has 3 amide bonds. The molecule has 0 unspecified atom stereocenters. The van der Waals surface area contributed by atoms with Gasteiger partial charge in [0.2, 0.25) is 0 Å². The summed E-state index contributed by atoms with van der Waals surface area (Å²) in [6.45, 7) is 5.96. The van der Waals surface area contributed by atoms with E-state index in [4.69, 9.17) is 14.2 Å². The van der Waals surface area contributed by atoms with Crippen molar-refractivity contribution in [3.8, 4) is 11.5 Å². The van der Waals surface area contributed by atoms with E-state index in [1.54, 1.807) is 6.07 Å². The maximum Gasteiger partial charge on any atom is 0.339 e. The minimum Gasteiger partial charge on any atom is -0.490 e. The van der Waals surface area contributed by atoms with E-state index in [0.29, 0.717) is 24.7 Å². The molecule has 1 aliphatic rings. The number of hydrogen-bond donors (Lipinski definition) is 2.